The summed E-state index contributed by atoms with van der Waals surface area (Å²) in [6.07, 6.45) is 1.42. The van der Waals surface area contributed by atoms with E-state index in [2.05, 4.69) is 4.98 Å². The SMILES string of the molecule is CC(C)(C)OC(=O)N1CC[C@H](COc2cccc(-c3cccc(C=O)c3)n2)C1. The first-order valence-electron chi connectivity index (χ1n) is 9.47. The fourth-order valence-electron chi connectivity index (χ4n) is 3.09. The molecule has 1 aliphatic heterocycles. The van der Waals surface area contributed by atoms with Crippen molar-refractivity contribution < 1.29 is 19.1 Å². The summed E-state index contributed by atoms with van der Waals surface area (Å²) in [6, 6.07) is 12.9. The van der Waals surface area contributed by atoms with Crippen LogP contribution in [0, 0.1) is 5.92 Å². The molecule has 0 unspecified atom stereocenters. The molecule has 1 fully saturated rings. The maximum absolute atomic E-state index is 12.2. The zero-order valence-electron chi connectivity index (χ0n) is 16.6. The molecule has 0 bridgehead atoms. The fraction of sp³-hybridized carbons (Fsp3) is 0.409. The lowest BCUT2D eigenvalue weighted by atomic mass is 10.1. The van der Waals surface area contributed by atoms with Gasteiger partial charge < -0.3 is 14.4 Å². The van der Waals surface area contributed by atoms with Crippen LogP contribution in [0.3, 0.4) is 0 Å². The molecule has 6 heteroatoms. The standard InChI is InChI=1S/C22H26N2O4/c1-22(2,3)28-21(26)24-11-10-17(13-24)15-27-20-9-5-8-19(23-20)18-7-4-6-16(12-18)14-25/h4-9,12,14,17H,10-11,13,15H2,1-3H3/t17-/m0/s1. The van der Waals surface area contributed by atoms with Crippen LogP contribution in [0.2, 0.25) is 0 Å². The first-order chi connectivity index (χ1) is 13.3. The molecule has 6 nitrogen and oxygen atoms in total. The third-order valence-electron chi connectivity index (χ3n) is 4.45. The molecule has 2 aromatic rings. The quantitative estimate of drug-likeness (QED) is 0.725. The number of ether oxygens (including phenoxy) is 2. The third kappa shape index (κ3) is 5.31. The predicted molar refractivity (Wildman–Crippen MR) is 106 cm³/mol. The number of hydrogen-bond donors (Lipinski definition) is 0. The van der Waals surface area contributed by atoms with Crippen molar-refractivity contribution in [1.29, 1.82) is 0 Å². The van der Waals surface area contributed by atoms with E-state index in [1.54, 1.807) is 17.0 Å². The van der Waals surface area contributed by atoms with Gasteiger partial charge in [0.15, 0.2) is 0 Å². The maximum atomic E-state index is 12.2. The van der Waals surface area contributed by atoms with Gasteiger partial charge in [-0.05, 0) is 39.3 Å². The van der Waals surface area contributed by atoms with Crippen LogP contribution < -0.4 is 4.74 Å². The number of nitrogens with zero attached hydrogens (tertiary/aromatic N) is 2. The van der Waals surface area contributed by atoms with E-state index < -0.39 is 5.60 Å². The van der Waals surface area contributed by atoms with Gasteiger partial charge in [-0.3, -0.25) is 4.79 Å². The summed E-state index contributed by atoms with van der Waals surface area (Å²) in [5, 5.41) is 0. The van der Waals surface area contributed by atoms with Gasteiger partial charge in [-0.15, -0.1) is 0 Å². The molecular formula is C22H26N2O4. The molecule has 1 aliphatic rings. The predicted octanol–water partition coefficient (Wildman–Crippen LogP) is 4.20. The Morgan fingerprint density at radius 2 is 2.04 bits per heavy atom. The van der Waals surface area contributed by atoms with Crippen LogP contribution in [0.5, 0.6) is 5.88 Å². The summed E-state index contributed by atoms with van der Waals surface area (Å²) < 4.78 is 11.3. The molecule has 1 saturated heterocycles. The minimum Gasteiger partial charge on any atom is -0.477 e. The Labute approximate surface area is 165 Å². The van der Waals surface area contributed by atoms with Gasteiger partial charge in [0.05, 0.1) is 12.3 Å². The molecule has 28 heavy (non-hydrogen) atoms. The molecule has 1 amide bonds. The van der Waals surface area contributed by atoms with Crippen LogP contribution in [-0.2, 0) is 4.74 Å². The second-order valence-corrected chi connectivity index (χ2v) is 8.00. The van der Waals surface area contributed by atoms with E-state index in [0.29, 0.717) is 31.1 Å². The van der Waals surface area contributed by atoms with Gasteiger partial charge in [0.1, 0.15) is 11.9 Å². The topological polar surface area (TPSA) is 68.7 Å². The van der Waals surface area contributed by atoms with Crippen molar-refractivity contribution in [2.45, 2.75) is 32.8 Å². The zero-order chi connectivity index (χ0) is 20.1. The van der Waals surface area contributed by atoms with Crippen molar-refractivity contribution >= 4 is 12.4 Å². The summed E-state index contributed by atoms with van der Waals surface area (Å²) in [4.78, 5) is 29.4. The molecule has 0 spiro atoms. The monoisotopic (exact) mass is 382 g/mol. The van der Waals surface area contributed by atoms with E-state index >= 15 is 0 Å². The van der Waals surface area contributed by atoms with Crippen LogP contribution in [0.25, 0.3) is 11.3 Å². The summed E-state index contributed by atoms with van der Waals surface area (Å²) in [5.74, 6) is 0.779. The first kappa shape index (κ1) is 19.9. The number of amides is 1. The van der Waals surface area contributed by atoms with Gasteiger partial charge in [-0.1, -0.05) is 24.3 Å². The lowest BCUT2D eigenvalue weighted by molar-refractivity contribution is 0.0284. The Kier molecular flexibility index (Phi) is 5.97. The largest absolute Gasteiger partial charge is 0.477 e. The van der Waals surface area contributed by atoms with Crippen molar-refractivity contribution in [2.75, 3.05) is 19.7 Å². The summed E-state index contributed by atoms with van der Waals surface area (Å²) in [6.45, 7) is 7.38. The minimum atomic E-state index is -0.489. The molecule has 0 radical (unpaired) electrons. The summed E-state index contributed by atoms with van der Waals surface area (Å²) in [5.41, 5.74) is 1.74. The van der Waals surface area contributed by atoms with Gasteiger partial charge in [-0.25, -0.2) is 9.78 Å². The first-order valence-corrected chi connectivity index (χ1v) is 9.47. The molecule has 0 aliphatic carbocycles. The van der Waals surface area contributed by atoms with Crippen molar-refractivity contribution in [3.63, 3.8) is 0 Å². The number of aldehydes is 1. The van der Waals surface area contributed by atoms with Crippen molar-refractivity contribution in [2.24, 2.45) is 5.92 Å². The number of aromatic nitrogens is 1. The smallest absolute Gasteiger partial charge is 0.410 e. The number of hydrogen-bond acceptors (Lipinski definition) is 5. The van der Waals surface area contributed by atoms with Gasteiger partial charge >= 0.3 is 6.09 Å². The van der Waals surface area contributed by atoms with E-state index in [-0.39, 0.29) is 12.0 Å². The van der Waals surface area contributed by atoms with Gasteiger partial charge in [0.25, 0.3) is 0 Å². The highest BCUT2D eigenvalue weighted by Gasteiger charge is 2.30. The molecule has 1 aromatic carbocycles. The van der Waals surface area contributed by atoms with E-state index in [1.165, 1.54) is 0 Å². The van der Waals surface area contributed by atoms with E-state index in [1.807, 2.05) is 51.1 Å². The van der Waals surface area contributed by atoms with E-state index in [9.17, 15) is 9.59 Å². The highest BCUT2D eigenvalue weighted by atomic mass is 16.6. The number of likely N-dealkylation sites (tertiary alicyclic amines) is 1. The van der Waals surface area contributed by atoms with Gasteiger partial charge in [-0.2, -0.15) is 0 Å². The highest BCUT2D eigenvalue weighted by Crippen LogP contribution is 2.23. The average molecular weight is 382 g/mol. The second kappa shape index (κ2) is 8.42. The summed E-state index contributed by atoms with van der Waals surface area (Å²) >= 11 is 0. The van der Waals surface area contributed by atoms with Crippen molar-refractivity contribution in [3.05, 3.63) is 48.0 Å². The molecule has 1 aromatic heterocycles. The minimum absolute atomic E-state index is 0.247. The Morgan fingerprint density at radius 1 is 1.25 bits per heavy atom. The molecule has 1 atom stereocenters. The maximum Gasteiger partial charge on any atom is 0.410 e. The van der Waals surface area contributed by atoms with Crippen molar-refractivity contribution in [3.8, 4) is 17.1 Å². The number of carbonyl (C=O) groups excluding carboxylic acids is 2. The van der Waals surface area contributed by atoms with Crippen LogP contribution in [0.1, 0.15) is 37.6 Å². The van der Waals surface area contributed by atoms with Crippen molar-refractivity contribution in [1.82, 2.24) is 9.88 Å². The van der Waals surface area contributed by atoms with Crippen LogP contribution in [-0.4, -0.2) is 47.6 Å². The number of carbonyl (C=O) groups is 2. The molecular weight excluding hydrogens is 356 g/mol. The Bertz CT molecular complexity index is 844. The third-order valence-corrected chi connectivity index (χ3v) is 4.45. The van der Waals surface area contributed by atoms with Gasteiger partial charge in [0, 0.05) is 36.2 Å². The Balaban J connectivity index is 1.57. The van der Waals surface area contributed by atoms with Gasteiger partial charge in [0.2, 0.25) is 5.88 Å². The molecule has 0 saturated carbocycles. The fourth-order valence-corrected chi connectivity index (χ4v) is 3.09. The molecule has 0 N–H and O–H groups in total. The summed E-state index contributed by atoms with van der Waals surface area (Å²) in [7, 11) is 0. The number of rotatable bonds is 5. The van der Waals surface area contributed by atoms with E-state index in [0.717, 1.165) is 24.0 Å². The second-order valence-electron chi connectivity index (χ2n) is 8.00. The zero-order valence-corrected chi connectivity index (χ0v) is 16.6. The normalized spacial score (nSPS) is 16.7. The van der Waals surface area contributed by atoms with Crippen LogP contribution in [0.4, 0.5) is 4.79 Å². The Hall–Kier alpha value is -2.89. The molecule has 3 rings (SSSR count). The lowest BCUT2D eigenvalue weighted by Gasteiger charge is -2.24. The highest BCUT2D eigenvalue weighted by molar-refractivity contribution is 5.78. The van der Waals surface area contributed by atoms with E-state index in [4.69, 9.17) is 9.47 Å². The molecule has 148 valence electrons. The lowest BCUT2D eigenvalue weighted by Crippen LogP contribution is -2.35. The molecule has 2 heterocycles. The average Bonchev–Trinajstić information content (AvgIpc) is 3.15. The number of benzene rings is 1. The number of pyridine rings is 1. The Morgan fingerprint density at radius 3 is 2.79 bits per heavy atom. The van der Waals surface area contributed by atoms with Crippen LogP contribution >= 0.6 is 0 Å². The van der Waals surface area contributed by atoms with Crippen LogP contribution in [0.15, 0.2) is 42.5 Å².